The van der Waals surface area contributed by atoms with Crippen molar-refractivity contribution in [3.05, 3.63) is 18.5 Å². The topological polar surface area (TPSA) is 85.4 Å². The minimum absolute atomic E-state index is 0.332. The second kappa shape index (κ2) is 3.56. The van der Waals surface area contributed by atoms with Gasteiger partial charge in [-0.15, -0.1) is 0 Å². The minimum atomic E-state index is -1.04. The van der Waals surface area contributed by atoms with E-state index in [-0.39, 0.29) is 0 Å². The molecule has 0 aliphatic rings. The molecule has 5 nitrogen and oxygen atoms in total. The maximum absolute atomic E-state index is 10.1. The fraction of sp³-hybridized carbons (Fsp3) is 0.143. The summed E-state index contributed by atoms with van der Waals surface area (Å²) in [5, 5.41) is 8.28. The van der Waals surface area contributed by atoms with Crippen LogP contribution in [0.4, 0.5) is 5.69 Å². The molecule has 0 radical (unpaired) electrons. The molecule has 64 valence electrons. The van der Waals surface area contributed by atoms with Crippen molar-refractivity contribution in [1.29, 1.82) is 0 Å². The van der Waals surface area contributed by atoms with Gasteiger partial charge >= 0.3 is 5.97 Å². The van der Waals surface area contributed by atoms with Gasteiger partial charge in [0.25, 0.3) is 0 Å². The second-order valence-corrected chi connectivity index (χ2v) is 2.10. The molecule has 1 aromatic heterocycles. The maximum atomic E-state index is 10.1. The number of aliphatic carboxylic acids is 1. The number of carboxylic acids is 1. The summed E-state index contributed by atoms with van der Waals surface area (Å²) in [7, 11) is 0. The molecule has 1 heterocycles. The van der Waals surface area contributed by atoms with Crippen LogP contribution < -0.4 is 10.5 Å². The monoisotopic (exact) mass is 168 g/mol. The van der Waals surface area contributed by atoms with Gasteiger partial charge in [-0.3, -0.25) is 4.98 Å². The summed E-state index contributed by atoms with van der Waals surface area (Å²) in [4.78, 5) is 13.8. The van der Waals surface area contributed by atoms with Crippen molar-refractivity contribution >= 4 is 11.7 Å². The standard InChI is InChI=1S/C7H8N2O3/c8-5-3-9-2-1-6(5)12-4-7(10)11/h1-3H,4,8H2,(H,10,11). The van der Waals surface area contributed by atoms with Gasteiger partial charge in [0.2, 0.25) is 0 Å². The van der Waals surface area contributed by atoms with Gasteiger partial charge in [-0.2, -0.15) is 0 Å². The van der Waals surface area contributed by atoms with Crippen LogP contribution in [-0.4, -0.2) is 22.7 Å². The highest BCUT2D eigenvalue weighted by molar-refractivity contribution is 5.68. The summed E-state index contributed by atoms with van der Waals surface area (Å²) >= 11 is 0. The number of hydrogen-bond donors (Lipinski definition) is 2. The van der Waals surface area contributed by atoms with Gasteiger partial charge in [-0.1, -0.05) is 0 Å². The first-order valence-corrected chi connectivity index (χ1v) is 3.24. The van der Waals surface area contributed by atoms with Gasteiger partial charge in [0, 0.05) is 12.3 Å². The zero-order chi connectivity index (χ0) is 8.97. The zero-order valence-corrected chi connectivity index (χ0v) is 6.23. The Morgan fingerprint density at radius 1 is 1.75 bits per heavy atom. The largest absolute Gasteiger partial charge is 0.480 e. The van der Waals surface area contributed by atoms with Gasteiger partial charge < -0.3 is 15.6 Å². The van der Waals surface area contributed by atoms with Gasteiger partial charge in [0.1, 0.15) is 5.75 Å². The smallest absolute Gasteiger partial charge is 0.341 e. The highest BCUT2D eigenvalue weighted by Gasteiger charge is 2.01. The summed E-state index contributed by atoms with van der Waals surface area (Å²) in [5.74, 6) is -0.696. The predicted molar refractivity (Wildman–Crippen MR) is 41.8 cm³/mol. The number of carboxylic acid groups (broad SMARTS) is 1. The molecule has 0 spiro atoms. The predicted octanol–water partition coefficient (Wildman–Crippen LogP) is 0.127. The minimum Gasteiger partial charge on any atom is -0.480 e. The molecule has 5 heteroatoms. The molecule has 3 N–H and O–H groups in total. The van der Waals surface area contributed by atoms with E-state index in [0.29, 0.717) is 11.4 Å². The molecule has 0 atom stereocenters. The summed E-state index contributed by atoms with van der Waals surface area (Å²) in [6.45, 7) is -0.395. The number of nitrogen functional groups attached to an aromatic ring is 1. The molecule has 0 fully saturated rings. The fourth-order valence-electron chi connectivity index (χ4n) is 0.665. The third kappa shape index (κ3) is 2.12. The van der Waals surface area contributed by atoms with E-state index in [9.17, 15) is 4.79 Å². The Bertz CT molecular complexity index is 288. The first-order valence-electron chi connectivity index (χ1n) is 3.24. The number of anilines is 1. The van der Waals surface area contributed by atoms with E-state index in [1.54, 1.807) is 0 Å². The van der Waals surface area contributed by atoms with E-state index >= 15 is 0 Å². The lowest BCUT2D eigenvalue weighted by atomic mass is 10.4. The number of pyridine rings is 1. The number of ether oxygens (including phenoxy) is 1. The number of nitrogens with zero attached hydrogens (tertiary/aromatic N) is 1. The first kappa shape index (κ1) is 8.32. The molecular formula is C7H8N2O3. The lowest BCUT2D eigenvalue weighted by molar-refractivity contribution is -0.139. The molecule has 0 saturated carbocycles. The van der Waals surface area contributed by atoms with Crippen molar-refractivity contribution in [2.24, 2.45) is 0 Å². The number of aromatic nitrogens is 1. The van der Waals surface area contributed by atoms with Crippen LogP contribution in [0.25, 0.3) is 0 Å². The molecule has 12 heavy (non-hydrogen) atoms. The molecule has 1 aromatic rings. The summed E-state index contributed by atoms with van der Waals surface area (Å²) < 4.78 is 4.83. The first-order chi connectivity index (χ1) is 5.70. The van der Waals surface area contributed by atoms with E-state index in [0.717, 1.165) is 0 Å². The Morgan fingerprint density at radius 2 is 2.50 bits per heavy atom. The highest BCUT2D eigenvalue weighted by Crippen LogP contribution is 2.17. The third-order valence-corrected chi connectivity index (χ3v) is 1.16. The van der Waals surface area contributed by atoms with Crippen molar-refractivity contribution in [2.45, 2.75) is 0 Å². The Kier molecular flexibility index (Phi) is 2.47. The Morgan fingerprint density at radius 3 is 3.08 bits per heavy atom. The highest BCUT2D eigenvalue weighted by atomic mass is 16.5. The number of hydrogen-bond acceptors (Lipinski definition) is 4. The van der Waals surface area contributed by atoms with Crippen molar-refractivity contribution < 1.29 is 14.6 Å². The number of nitrogens with two attached hydrogens (primary N) is 1. The summed E-state index contributed by atoms with van der Waals surface area (Å²) in [6.07, 6.45) is 2.88. The van der Waals surface area contributed by atoms with E-state index in [2.05, 4.69) is 4.98 Å². The van der Waals surface area contributed by atoms with Crippen molar-refractivity contribution in [3.63, 3.8) is 0 Å². The van der Waals surface area contributed by atoms with Crippen LogP contribution in [0.2, 0.25) is 0 Å². The Hall–Kier alpha value is -1.78. The van der Waals surface area contributed by atoms with E-state index < -0.39 is 12.6 Å². The lowest BCUT2D eigenvalue weighted by Crippen LogP contribution is -2.10. The Balaban J connectivity index is 2.63. The van der Waals surface area contributed by atoms with Crippen LogP contribution in [0, 0.1) is 0 Å². The molecule has 1 rings (SSSR count). The zero-order valence-electron chi connectivity index (χ0n) is 6.23. The summed E-state index contributed by atoms with van der Waals surface area (Å²) in [5.41, 5.74) is 5.76. The van der Waals surface area contributed by atoms with E-state index in [4.69, 9.17) is 15.6 Å². The molecule has 0 amide bonds. The average molecular weight is 168 g/mol. The molecular weight excluding hydrogens is 160 g/mol. The molecule has 0 aromatic carbocycles. The van der Waals surface area contributed by atoms with Gasteiger partial charge in [-0.25, -0.2) is 4.79 Å². The van der Waals surface area contributed by atoms with Gasteiger partial charge in [0.15, 0.2) is 6.61 Å². The molecule has 0 aliphatic heterocycles. The normalized spacial score (nSPS) is 9.33. The third-order valence-electron chi connectivity index (χ3n) is 1.16. The van der Waals surface area contributed by atoms with Crippen molar-refractivity contribution in [1.82, 2.24) is 4.98 Å². The molecule has 0 bridgehead atoms. The maximum Gasteiger partial charge on any atom is 0.341 e. The van der Waals surface area contributed by atoms with Gasteiger partial charge in [-0.05, 0) is 0 Å². The molecule has 0 saturated heterocycles. The van der Waals surface area contributed by atoms with E-state index in [1.807, 2.05) is 0 Å². The van der Waals surface area contributed by atoms with Crippen molar-refractivity contribution in [2.75, 3.05) is 12.3 Å². The van der Waals surface area contributed by atoms with Crippen molar-refractivity contribution in [3.8, 4) is 5.75 Å². The lowest BCUT2D eigenvalue weighted by Gasteiger charge is -2.04. The molecule has 0 aliphatic carbocycles. The molecule has 0 unspecified atom stereocenters. The summed E-state index contributed by atoms with van der Waals surface area (Å²) in [6, 6.07) is 1.51. The van der Waals surface area contributed by atoms with Crippen LogP contribution in [0.5, 0.6) is 5.75 Å². The van der Waals surface area contributed by atoms with E-state index in [1.165, 1.54) is 18.5 Å². The van der Waals surface area contributed by atoms with Crippen LogP contribution in [0.1, 0.15) is 0 Å². The van der Waals surface area contributed by atoms with Crippen LogP contribution in [-0.2, 0) is 4.79 Å². The van der Waals surface area contributed by atoms with Gasteiger partial charge in [0.05, 0.1) is 11.9 Å². The van der Waals surface area contributed by atoms with Crippen LogP contribution >= 0.6 is 0 Å². The quantitative estimate of drug-likeness (QED) is 0.669. The second-order valence-electron chi connectivity index (χ2n) is 2.10. The number of carbonyl (C=O) groups is 1. The average Bonchev–Trinajstić information content (AvgIpc) is 2.03. The van der Waals surface area contributed by atoms with Crippen LogP contribution in [0.15, 0.2) is 18.5 Å². The SMILES string of the molecule is Nc1cnccc1OCC(=O)O. The fourth-order valence-corrected chi connectivity index (χ4v) is 0.665. The Labute approximate surface area is 68.8 Å². The number of rotatable bonds is 3. The van der Waals surface area contributed by atoms with Crippen LogP contribution in [0.3, 0.4) is 0 Å².